The van der Waals surface area contributed by atoms with E-state index >= 15 is 0 Å². The van der Waals surface area contributed by atoms with Crippen LogP contribution in [-0.4, -0.2) is 21.3 Å². The van der Waals surface area contributed by atoms with Gasteiger partial charge in [0.15, 0.2) is 0 Å². The Bertz CT molecular complexity index is 1120. The van der Waals surface area contributed by atoms with Gasteiger partial charge < -0.3 is 5.32 Å². The van der Waals surface area contributed by atoms with Gasteiger partial charge in [-0.15, -0.1) is 0 Å². The summed E-state index contributed by atoms with van der Waals surface area (Å²) in [5.74, 6) is -1.79. The highest BCUT2D eigenvalue weighted by molar-refractivity contribution is 5.95. The van der Waals surface area contributed by atoms with E-state index in [9.17, 15) is 18.4 Å². The van der Waals surface area contributed by atoms with Crippen LogP contribution in [-0.2, 0) is 11.8 Å². The molecule has 0 aliphatic heterocycles. The molecule has 8 heteroatoms. The zero-order valence-corrected chi connectivity index (χ0v) is 17.2. The third-order valence-electron chi connectivity index (χ3n) is 5.12. The van der Waals surface area contributed by atoms with Crippen LogP contribution in [0.5, 0.6) is 0 Å². The molecule has 0 radical (unpaired) electrons. The standard InChI is InChI=1S/C22H24F2N4O2/c1-13(18-11-10-16(23)12-19(18)24)25-14(2)21(29)26-20-15(3)27(4)28(22(20)30)17-8-6-5-7-9-17/h5-14,25H,1-4H3,(H,26,29). The molecule has 0 bridgehead atoms. The molecule has 2 aromatic carbocycles. The number of carbonyl (C=O) groups excluding carboxylic acids is 1. The molecule has 2 atom stereocenters. The lowest BCUT2D eigenvalue weighted by Crippen LogP contribution is -2.40. The molecule has 0 aliphatic carbocycles. The molecular formula is C22H24F2N4O2. The molecule has 30 heavy (non-hydrogen) atoms. The van der Waals surface area contributed by atoms with Gasteiger partial charge in [0, 0.05) is 24.7 Å². The second-order valence-corrected chi connectivity index (χ2v) is 7.20. The highest BCUT2D eigenvalue weighted by atomic mass is 19.1. The minimum absolute atomic E-state index is 0.181. The third kappa shape index (κ3) is 4.18. The maximum absolute atomic E-state index is 14.0. The first-order valence-electron chi connectivity index (χ1n) is 9.56. The predicted octanol–water partition coefficient (Wildman–Crippen LogP) is 3.44. The van der Waals surface area contributed by atoms with E-state index in [-0.39, 0.29) is 16.8 Å². The quantitative estimate of drug-likeness (QED) is 0.649. The fourth-order valence-electron chi connectivity index (χ4n) is 3.34. The Morgan fingerprint density at radius 1 is 1.07 bits per heavy atom. The number of halogens is 2. The molecule has 158 valence electrons. The smallest absolute Gasteiger partial charge is 0.295 e. The zero-order valence-electron chi connectivity index (χ0n) is 17.2. The van der Waals surface area contributed by atoms with Crippen molar-refractivity contribution in [2.75, 3.05) is 5.32 Å². The molecule has 0 spiro atoms. The molecule has 0 aliphatic rings. The Morgan fingerprint density at radius 3 is 2.37 bits per heavy atom. The van der Waals surface area contributed by atoms with Crippen LogP contribution < -0.4 is 16.2 Å². The first-order valence-corrected chi connectivity index (χ1v) is 9.56. The van der Waals surface area contributed by atoms with E-state index in [2.05, 4.69) is 10.6 Å². The largest absolute Gasteiger partial charge is 0.319 e. The van der Waals surface area contributed by atoms with Gasteiger partial charge in [0.25, 0.3) is 5.56 Å². The van der Waals surface area contributed by atoms with E-state index in [0.29, 0.717) is 11.4 Å². The van der Waals surface area contributed by atoms with Crippen LogP contribution in [0.2, 0.25) is 0 Å². The van der Waals surface area contributed by atoms with E-state index < -0.39 is 29.6 Å². The molecule has 2 unspecified atom stereocenters. The minimum Gasteiger partial charge on any atom is -0.319 e. The van der Waals surface area contributed by atoms with E-state index in [4.69, 9.17) is 0 Å². The van der Waals surface area contributed by atoms with E-state index in [1.165, 1.54) is 16.8 Å². The van der Waals surface area contributed by atoms with Crippen molar-refractivity contribution in [1.82, 2.24) is 14.7 Å². The Kier molecular flexibility index (Phi) is 6.17. The molecule has 1 aromatic heterocycles. The van der Waals surface area contributed by atoms with Crippen molar-refractivity contribution in [3.05, 3.63) is 81.8 Å². The van der Waals surface area contributed by atoms with Crippen LogP contribution in [0, 0.1) is 18.6 Å². The monoisotopic (exact) mass is 414 g/mol. The molecule has 0 fully saturated rings. The molecule has 6 nitrogen and oxygen atoms in total. The van der Waals surface area contributed by atoms with Crippen LogP contribution >= 0.6 is 0 Å². The summed E-state index contributed by atoms with van der Waals surface area (Å²) in [6, 6.07) is 11.1. The SMILES string of the molecule is Cc1c(NC(=O)C(C)NC(C)c2ccc(F)cc2F)c(=O)n(-c2ccccc2)n1C. The number of para-hydroxylation sites is 1. The lowest BCUT2D eigenvalue weighted by Gasteiger charge is -2.20. The average molecular weight is 414 g/mol. The molecule has 3 aromatic rings. The molecule has 3 rings (SSSR count). The summed E-state index contributed by atoms with van der Waals surface area (Å²) >= 11 is 0. The number of amides is 1. The molecule has 0 saturated heterocycles. The van der Waals surface area contributed by atoms with Crippen LogP contribution in [0.3, 0.4) is 0 Å². The van der Waals surface area contributed by atoms with Gasteiger partial charge in [-0.2, -0.15) is 0 Å². The minimum atomic E-state index is -0.728. The fourth-order valence-corrected chi connectivity index (χ4v) is 3.34. The predicted molar refractivity (Wildman–Crippen MR) is 112 cm³/mol. The fraction of sp³-hybridized carbons (Fsp3) is 0.273. The molecule has 2 N–H and O–H groups in total. The Morgan fingerprint density at radius 2 is 1.73 bits per heavy atom. The summed E-state index contributed by atoms with van der Waals surface area (Å²) in [6.45, 7) is 5.03. The van der Waals surface area contributed by atoms with Gasteiger partial charge in [-0.3, -0.25) is 19.6 Å². The number of nitrogens with one attached hydrogen (secondary N) is 2. The van der Waals surface area contributed by atoms with Crippen molar-refractivity contribution < 1.29 is 13.6 Å². The normalized spacial score (nSPS) is 13.1. The molecule has 1 amide bonds. The number of carbonyl (C=O) groups is 1. The van der Waals surface area contributed by atoms with Gasteiger partial charge in [0.2, 0.25) is 5.91 Å². The van der Waals surface area contributed by atoms with Crippen molar-refractivity contribution >= 4 is 11.6 Å². The van der Waals surface area contributed by atoms with Gasteiger partial charge in [-0.1, -0.05) is 24.3 Å². The first-order chi connectivity index (χ1) is 14.2. The van der Waals surface area contributed by atoms with Gasteiger partial charge >= 0.3 is 0 Å². The average Bonchev–Trinajstić information content (AvgIpc) is 2.91. The highest BCUT2D eigenvalue weighted by Gasteiger charge is 2.23. The van der Waals surface area contributed by atoms with Gasteiger partial charge in [-0.05, 0) is 39.0 Å². The number of anilines is 1. The number of nitrogens with zero attached hydrogens (tertiary/aromatic N) is 2. The van der Waals surface area contributed by atoms with Gasteiger partial charge in [-0.25, -0.2) is 13.5 Å². The van der Waals surface area contributed by atoms with E-state index in [1.807, 2.05) is 18.2 Å². The summed E-state index contributed by atoms with van der Waals surface area (Å²) in [5, 5.41) is 5.66. The number of rotatable bonds is 6. The van der Waals surface area contributed by atoms with Crippen molar-refractivity contribution in [2.45, 2.75) is 32.9 Å². The number of hydrogen-bond acceptors (Lipinski definition) is 3. The Balaban J connectivity index is 1.78. The molecule has 0 saturated carbocycles. The number of hydrogen-bond donors (Lipinski definition) is 2. The van der Waals surface area contributed by atoms with Crippen molar-refractivity contribution in [3.8, 4) is 5.69 Å². The molecule has 1 heterocycles. The summed E-state index contributed by atoms with van der Waals surface area (Å²) in [7, 11) is 1.74. The van der Waals surface area contributed by atoms with Crippen LogP contribution in [0.4, 0.5) is 14.5 Å². The summed E-state index contributed by atoms with van der Waals surface area (Å²) in [6.07, 6.45) is 0. The Labute approximate surface area is 173 Å². The summed E-state index contributed by atoms with van der Waals surface area (Å²) in [4.78, 5) is 25.6. The summed E-state index contributed by atoms with van der Waals surface area (Å²) in [5.41, 5.74) is 1.36. The van der Waals surface area contributed by atoms with E-state index in [0.717, 1.165) is 6.07 Å². The van der Waals surface area contributed by atoms with Crippen molar-refractivity contribution in [1.29, 1.82) is 0 Å². The maximum atomic E-state index is 14.0. The zero-order chi connectivity index (χ0) is 22.0. The lowest BCUT2D eigenvalue weighted by atomic mass is 10.1. The number of benzene rings is 2. The Hall–Kier alpha value is -3.26. The topological polar surface area (TPSA) is 68.1 Å². The third-order valence-corrected chi connectivity index (χ3v) is 5.12. The maximum Gasteiger partial charge on any atom is 0.295 e. The summed E-state index contributed by atoms with van der Waals surface area (Å²) < 4.78 is 30.2. The highest BCUT2D eigenvalue weighted by Crippen LogP contribution is 2.19. The lowest BCUT2D eigenvalue weighted by molar-refractivity contribution is -0.118. The van der Waals surface area contributed by atoms with E-state index in [1.54, 1.807) is 44.6 Å². The number of aromatic nitrogens is 2. The molecular weight excluding hydrogens is 390 g/mol. The first kappa shape index (κ1) is 21.4. The van der Waals surface area contributed by atoms with Gasteiger partial charge in [0.1, 0.15) is 17.3 Å². The second kappa shape index (κ2) is 8.62. The van der Waals surface area contributed by atoms with Crippen molar-refractivity contribution in [2.24, 2.45) is 7.05 Å². The van der Waals surface area contributed by atoms with Gasteiger partial charge in [0.05, 0.1) is 17.4 Å². The van der Waals surface area contributed by atoms with Crippen LogP contribution in [0.25, 0.3) is 5.69 Å². The van der Waals surface area contributed by atoms with Crippen LogP contribution in [0.15, 0.2) is 53.3 Å². The van der Waals surface area contributed by atoms with Crippen molar-refractivity contribution in [3.63, 3.8) is 0 Å². The van der Waals surface area contributed by atoms with Crippen LogP contribution in [0.1, 0.15) is 31.1 Å². The second-order valence-electron chi connectivity index (χ2n) is 7.20.